The van der Waals surface area contributed by atoms with Crippen LogP contribution >= 0.6 is 0 Å². The number of carbonyl (C=O) groups is 2. The normalized spacial score (nSPS) is 27.5. The maximum Gasteiger partial charge on any atom is 0.233 e. The van der Waals surface area contributed by atoms with E-state index in [4.69, 9.17) is 4.52 Å². The number of guanidine groups is 1. The number of imide groups is 1. The van der Waals surface area contributed by atoms with Crippen LogP contribution in [0.3, 0.4) is 0 Å². The zero-order chi connectivity index (χ0) is 21.3. The third-order valence-electron chi connectivity index (χ3n) is 6.27. The number of hydrogen-bond acceptors (Lipinski definition) is 6. The number of fused-ring (bicyclic) bond motifs is 5. The van der Waals surface area contributed by atoms with Gasteiger partial charge >= 0.3 is 0 Å². The number of hydrogen-bond donors (Lipinski definition) is 2. The molecule has 4 rings (SSSR count). The minimum Gasteiger partial charge on any atom is -0.356 e. The molecule has 2 aliphatic carbocycles. The van der Waals surface area contributed by atoms with Gasteiger partial charge in [-0.1, -0.05) is 31.2 Å². The van der Waals surface area contributed by atoms with Crippen molar-refractivity contribution in [3.8, 4) is 0 Å². The number of nitrogens with one attached hydrogen (secondary N) is 2. The van der Waals surface area contributed by atoms with Gasteiger partial charge in [0.05, 0.1) is 11.8 Å². The van der Waals surface area contributed by atoms with Crippen molar-refractivity contribution in [2.24, 2.45) is 28.7 Å². The second kappa shape index (κ2) is 8.57. The largest absolute Gasteiger partial charge is 0.356 e. The number of carbonyl (C=O) groups excluding carboxylic acids is 2. The summed E-state index contributed by atoms with van der Waals surface area (Å²) in [5.41, 5.74) is 0. The minimum absolute atomic E-state index is 0.00748. The van der Waals surface area contributed by atoms with Crippen LogP contribution < -0.4 is 10.6 Å². The summed E-state index contributed by atoms with van der Waals surface area (Å²) in [6.45, 7) is 5.59. The Balaban J connectivity index is 1.17. The summed E-state index contributed by atoms with van der Waals surface area (Å²) in [4.78, 5) is 35.4. The fourth-order valence-electron chi connectivity index (χ4n) is 4.74. The first kappa shape index (κ1) is 20.6. The van der Waals surface area contributed by atoms with E-state index in [1.165, 1.54) is 4.90 Å². The number of amides is 2. The summed E-state index contributed by atoms with van der Waals surface area (Å²) in [6.07, 6.45) is 6.70. The molecule has 9 heteroatoms. The summed E-state index contributed by atoms with van der Waals surface area (Å²) >= 11 is 0. The van der Waals surface area contributed by atoms with Crippen LogP contribution in [0.25, 0.3) is 0 Å². The first-order valence-corrected chi connectivity index (χ1v) is 10.8. The van der Waals surface area contributed by atoms with Crippen molar-refractivity contribution in [2.75, 3.05) is 26.7 Å². The molecule has 162 valence electrons. The van der Waals surface area contributed by atoms with Crippen molar-refractivity contribution >= 4 is 17.8 Å². The standard InChI is InChI=1S/C21H30N6O3/c1-12(2)18-25-15(30-26-18)5-4-8-23-21(22-3)24-9-10-27-19(28)16-13-6-7-14(11-13)17(16)20(27)29/h6-7,12-14,16-17H,4-5,8-11H2,1-3H3,(H2,22,23,24). The minimum atomic E-state index is -0.133. The molecule has 2 fully saturated rings. The fraction of sp³-hybridized carbons (Fsp3) is 0.667. The predicted octanol–water partition coefficient (Wildman–Crippen LogP) is 1.10. The summed E-state index contributed by atoms with van der Waals surface area (Å²) in [5, 5.41) is 10.4. The van der Waals surface area contributed by atoms with E-state index < -0.39 is 0 Å². The average molecular weight is 415 g/mol. The summed E-state index contributed by atoms with van der Waals surface area (Å²) in [6, 6.07) is 0. The molecular weight excluding hydrogens is 384 g/mol. The fourth-order valence-corrected chi connectivity index (χ4v) is 4.74. The highest BCUT2D eigenvalue weighted by molar-refractivity contribution is 6.06. The molecule has 3 aliphatic rings. The first-order valence-electron chi connectivity index (χ1n) is 10.8. The maximum atomic E-state index is 12.7. The molecule has 1 aliphatic heterocycles. The number of rotatable bonds is 8. The van der Waals surface area contributed by atoms with E-state index in [1.807, 2.05) is 13.8 Å². The van der Waals surface area contributed by atoms with Crippen LogP contribution in [0.1, 0.15) is 44.3 Å². The summed E-state index contributed by atoms with van der Waals surface area (Å²) < 4.78 is 5.24. The van der Waals surface area contributed by atoms with Crippen molar-refractivity contribution in [1.82, 2.24) is 25.7 Å². The lowest BCUT2D eigenvalue weighted by Gasteiger charge is -2.18. The van der Waals surface area contributed by atoms with E-state index in [0.29, 0.717) is 37.9 Å². The van der Waals surface area contributed by atoms with Crippen LogP contribution in [-0.4, -0.2) is 59.5 Å². The van der Waals surface area contributed by atoms with Crippen LogP contribution in [0.5, 0.6) is 0 Å². The van der Waals surface area contributed by atoms with E-state index in [2.05, 4.69) is 37.9 Å². The Morgan fingerprint density at radius 2 is 1.87 bits per heavy atom. The van der Waals surface area contributed by atoms with Gasteiger partial charge < -0.3 is 15.2 Å². The van der Waals surface area contributed by atoms with Gasteiger partial charge in [0.15, 0.2) is 11.8 Å². The number of allylic oxidation sites excluding steroid dienone is 2. The molecule has 0 radical (unpaired) electrons. The lowest BCUT2D eigenvalue weighted by Crippen LogP contribution is -2.44. The first-order chi connectivity index (χ1) is 14.5. The van der Waals surface area contributed by atoms with E-state index in [0.717, 1.165) is 18.7 Å². The Kier molecular flexibility index (Phi) is 5.87. The molecule has 4 atom stereocenters. The molecule has 2 N–H and O–H groups in total. The van der Waals surface area contributed by atoms with Gasteiger partial charge in [0, 0.05) is 39.0 Å². The number of likely N-dealkylation sites (tertiary alicyclic amines) is 1. The van der Waals surface area contributed by atoms with Crippen molar-refractivity contribution in [3.05, 3.63) is 23.9 Å². The van der Waals surface area contributed by atoms with E-state index in [-0.39, 0.29) is 41.4 Å². The zero-order valence-electron chi connectivity index (χ0n) is 17.8. The molecule has 0 spiro atoms. The van der Waals surface area contributed by atoms with Gasteiger partial charge in [-0.3, -0.25) is 19.5 Å². The summed E-state index contributed by atoms with van der Waals surface area (Å²) in [5.74, 6) is 2.49. The molecule has 1 saturated carbocycles. The Morgan fingerprint density at radius 3 is 2.47 bits per heavy atom. The van der Waals surface area contributed by atoms with Gasteiger partial charge in [-0.2, -0.15) is 4.98 Å². The molecule has 0 aromatic carbocycles. The Hall–Kier alpha value is -2.71. The van der Waals surface area contributed by atoms with Crippen LogP contribution in [0.4, 0.5) is 0 Å². The number of nitrogens with zero attached hydrogens (tertiary/aromatic N) is 4. The molecule has 2 bridgehead atoms. The topological polar surface area (TPSA) is 113 Å². The Bertz CT molecular complexity index is 831. The van der Waals surface area contributed by atoms with Crippen molar-refractivity contribution in [2.45, 2.75) is 39.0 Å². The molecule has 1 saturated heterocycles. The average Bonchev–Trinajstić information content (AvgIpc) is 3.50. The molecule has 1 aromatic rings. The van der Waals surface area contributed by atoms with Crippen LogP contribution in [0.15, 0.2) is 21.7 Å². The summed E-state index contributed by atoms with van der Waals surface area (Å²) in [7, 11) is 1.70. The van der Waals surface area contributed by atoms with E-state index >= 15 is 0 Å². The maximum absolute atomic E-state index is 12.7. The van der Waals surface area contributed by atoms with E-state index in [1.54, 1.807) is 7.05 Å². The van der Waals surface area contributed by atoms with Crippen LogP contribution in [0.2, 0.25) is 0 Å². The lowest BCUT2D eigenvalue weighted by molar-refractivity contribution is -0.140. The van der Waals surface area contributed by atoms with Crippen molar-refractivity contribution in [1.29, 1.82) is 0 Å². The molecule has 9 nitrogen and oxygen atoms in total. The molecule has 2 heterocycles. The van der Waals surface area contributed by atoms with Crippen LogP contribution in [-0.2, 0) is 16.0 Å². The predicted molar refractivity (Wildman–Crippen MR) is 111 cm³/mol. The highest BCUT2D eigenvalue weighted by Gasteiger charge is 2.58. The smallest absolute Gasteiger partial charge is 0.233 e. The molecule has 2 amide bonds. The van der Waals surface area contributed by atoms with Gasteiger partial charge in [-0.05, 0) is 24.7 Å². The van der Waals surface area contributed by atoms with Crippen molar-refractivity contribution < 1.29 is 14.1 Å². The highest BCUT2D eigenvalue weighted by Crippen LogP contribution is 2.52. The third kappa shape index (κ3) is 3.85. The number of aliphatic imine (C=N–C) groups is 1. The number of aryl methyl sites for hydroxylation is 1. The van der Waals surface area contributed by atoms with Gasteiger partial charge in [0.25, 0.3) is 0 Å². The van der Waals surface area contributed by atoms with Gasteiger partial charge in [-0.25, -0.2) is 0 Å². The third-order valence-corrected chi connectivity index (χ3v) is 6.27. The highest BCUT2D eigenvalue weighted by atomic mass is 16.5. The van der Waals surface area contributed by atoms with Gasteiger partial charge in [0.2, 0.25) is 17.7 Å². The second-order valence-corrected chi connectivity index (χ2v) is 8.56. The zero-order valence-corrected chi connectivity index (χ0v) is 17.8. The number of aromatic nitrogens is 2. The van der Waals surface area contributed by atoms with Crippen molar-refractivity contribution in [3.63, 3.8) is 0 Å². The Labute approximate surface area is 176 Å². The molecular formula is C21H30N6O3. The van der Waals surface area contributed by atoms with Crippen LogP contribution in [0, 0.1) is 23.7 Å². The lowest BCUT2D eigenvalue weighted by atomic mass is 9.85. The van der Waals surface area contributed by atoms with Gasteiger partial charge in [-0.15, -0.1) is 0 Å². The monoisotopic (exact) mass is 414 g/mol. The van der Waals surface area contributed by atoms with Gasteiger partial charge in [0.1, 0.15) is 0 Å². The quantitative estimate of drug-likeness (QED) is 0.215. The molecule has 30 heavy (non-hydrogen) atoms. The Morgan fingerprint density at radius 1 is 1.20 bits per heavy atom. The second-order valence-electron chi connectivity index (χ2n) is 8.56. The van der Waals surface area contributed by atoms with E-state index in [9.17, 15) is 9.59 Å². The molecule has 1 aromatic heterocycles. The molecule has 4 unspecified atom stereocenters. The SMILES string of the molecule is CN=C(NCCCc1nc(C(C)C)no1)NCCN1C(=O)C2C3C=CC(C3)C2C1=O.